The molecule has 0 aromatic carbocycles. The summed E-state index contributed by atoms with van der Waals surface area (Å²) in [7, 11) is 0. The molecule has 0 aliphatic heterocycles. The Bertz CT molecular complexity index is 148. The number of halogens is 2. The van der Waals surface area contributed by atoms with Gasteiger partial charge in [0.15, 0.2) is 0 Å². The minimum absolute atomic E-state index is 0.132. The Morgan fingerprint density at radius 1 is 1.50 bits per heavy atom. The Morgan fingerprint density at radius 3 is 2.50 bits per heavy atom. The summed E-state index contributed by atoms with van der Waals surface area (Å²) in [5, 5.41) is 2.47. The predicted octanol–water partition coefficient (Wildman–Crippen LogP) is 1.95. The number of carbonyl (C=O) groups excluding carboxylic acids is 1. The van der Waals surface area contributed by atoms with E-state index in [2.05, 4.69) is 5.32 Å². The van der Waals surface area contributed by atoms with E-state index in [1.807, 2.05) is 0 Å². The van der Waals surface area contributed by atoms with Crippen LogP contribution in [0.4, 0.5) is 8.78 Å². The molecule has 0 bridgehead atoms. The zero-order chi connectivity index (χ0) is 9.61. The first kappa shape index (κ1) is 11.3. The number of hydrogen-bond acceptors (Lipinski definition) is 1. The van der Waals surface area contributed by atoms with Crippen molar-refractivity contribution in [2.45, 2.75) is 39.0 Å². The minimum atomic E-state index is -2.57. The van der Waals surface area contributed by atoms with Gasteiger partial charge in [-0.25, -0.2) is 8.78 Å². The first-order chi connectivity index (χ1) is 5.48. The van der Waals surface area contributed by atoms with Gasteiger partial charge in [0.2, 0.25) is 11.8 Å². The van der Waals surface area contributed by atoms with Crippen LogP contribution in [0.1, 0.15) is 33.1 Å². The van der Waals surface area contributed by atoms with E-state index in [1.165, 1.54) is 13.8 Å². The molecule has 0 atom stereocenters. The summed E-state index contributed by atoms with van der Waals surface area (Å²) in [6.45, 7) is 3.17. The van der Waals surface area contributed by atoms with Gasteiger partial charge >= 0.3 is 0 Å². The van der Waals surface area contributed by atoms with Gasteiger partial charge in [-0.2, -0.15) is 0 Å². The molecule has 0 aromatic heterocycles. The zero-order valence-corrected chi connectivity index (χ0v) is 7.49. The molecule has 0 spiro atoms. The molecule has 1 amide bonds. The summed E-state index contributed by atoms with van der Waals surface area (Å²) >= 11 is 0. The molecule has 0 aliphatic rings. The van der Waals surface area contributed by atoms with Crippen molar-refractivity contribution in [1.29, 1.82) is 0 Å². The van der Waals surface area contributed by atoms with Crippen LogP contribution in [0.5, 0.6) is 0 Å². The topological polar surface area (TPSA) is 29.1 Å². The lowest BCUT2D eigenvalue weighted by molar-refractivity contribution is -0.119. The molecule has 0 aromatic rings. The van der Waals surface area contributed by atoms with Crippen molar-refractivity contribution in [3.05, 3.63) is 0 Å². The summed E-state index contributed by atoms with van der Waals surface area (Å²) in [4.78, 5) is 10.3. The van der Waals surface area contributed by atoms with Crippen molar-refractivity contribution in [3.63, 3.8) is 0 Å². The Hall–Kier alpha value is -0.670. The molecule has 0 saturated heterocycles. The fourth-order valence-electron chi connectivity index (χ4n) is 0.788. The molecule has 4 heteroatoms. The molecule has 72 valence electrons. The van der Waals surface area contributed by atoms with E-state index < -0.39 is 5.92 Å². The molecule has 0 unspecified atom stereocenters. The van der Waals surface area contributed by atoms with E-state index in [1.54, 1.807) is 0 Å². The van der Waals surface area contributed by atoms with Crippen LogP contribution in [0.25, 0.3) is 0 Å². The zero-order valence-electron chi connectivity index (χ0n) is 7.49. The second-order valence-electron chi connectivity index (χ2n) is 2.80. The Balaban J connectivity index is 3.37. The van der Waals surface area contributed by atoms with E-state index in [9.17, 15) is 13.6 Å². The fraction of sp³-hybridized carbons (Fsp3) is 0.875. The van der Waals surface area contributed by atoms with Crippen LogP contribution in [0, 0.1) is 0 Å². The first-order valence-corrected chi connectivity index (χ1v) is 4.10. The standard InChI is InChI=1S/C8H15F2NO/c1-3-8(9,10)5-4-6-11-7(2)12/h3-6H2,1-2H3,(H,11,12). The maximum Gasteiger partial charge on any atom is 0.248 e. The fourth-order valence-corrected chi connectivity index (χ4v) is 0.788. The molecule has 0 aliphatic carbocycles. The molecular weight excluding hydrogens is 164 g/mol. The SMILES string of the molecule is CCC(F)(F)CCCNC(C)=O. The number of carbonyl (C=O) groups is 1. The molecule has 0 saturated carbocycles. The van der Waals surface area contributed by atoms with Gasteiger partial charge in [-0.1, -0.05) is 6.92 Å². The third-order valence-electron chi connectivity index (χ3n) is 1.61. The van der Waals surface area contributed by atoms with E-state index in [0.29, 0.717) is 13.0 Å². The third kappa shape index (κ3) is 6.07. The van der Waals surface area contributed by atoms with Gasteiger partial charge in [0.1, 0.15) is 0 Å². The highest BCUT2D eigenvalue weighted by atomic mass is 19.3. The Morgan fingerprint density at radius 2 is 2.08 bits per heavy atom. The maximum absolute atomic E-state index is 12.6. The average Bonchev–Trinajstić information content (AvgIpc) is 1.98. The van der Waals surface area contributed by atoms with Crippen LogP contribution in [-0.4, -0.2) is 18.4 Å². The van der Waals surface area contributed by atoms with Crippen molar-refractivity contribution in [1.82, 2.24) is 5.32 Å². The van der Waals surface area contributed by atoms with E-state index >= 15 is 0 Å². The summed E-state index contributed by atoms with van der Waals surface area (Å²) in [6, 6.07) is 0. The van der Waals surface area contributed by atoms with Crippen LogP contribution in [0.2, 0.25) is 0 Å². The van der Waals surface area contributed by atoms with Crippen molar-refractivity contribution < 1.29 is 13.6 Å². The van der Waals surface area contributed by atoms with E-state index in [4.69, 9.17) is 0 Å². The van der Waals surface area contributed by atoms with Gasteiger partial charge < -0.3 is 5.32 Å². The highest BCUT2D eigenvalue weighted by Gasteiger charge is 2.24. The van der Waals surface area contributed by atoms with Gasteiger partial charge in [-0.05, 0) is 6.42 Å². The monoisotopic (exact) mass is 179 g/mol. The molecule has 0 fully saturated rings. The summed E-state index contributed by atoms with van der Waals surface area (Å²) in [6.07, 6.45) is 0.0528. The van der Waals surface area contributed by atoms with Crippen LogP contribution >= 0.6 is 0 Å². The van der Waals surface area contributed by atoms with Crippen LogP contribution in [-0.2, 0) is 4.79 Å². The van der Waals surface area contributed by atoms with E-state index in [-0.39, 0.29) is 18.7 Å². The second kappa shape index (κ2) is 5.06. The quantitative estimate of drug-likeness (QED) is 0.642. The highest BCUT2D eigenvalue weighted by molar-refractivity contribution is 5.72. The normalized spacial score (nSPS) is 11.3. The number of alkyl halides is 2. The summed E-state index contributed by atoms with van der Waals surface area (Å²) in [5.74, 6) is -2.74. The van der Waals surface area contributed by atoms with E-state index in [0.717, 1.165) is 0 Å². The number of hydrogen-bond donors (Lipinski definition) is 1. The van der Waals surface area contributed by atoms with Crippen molar-refractivity contribution in [2.24, 2.45) is 0 Å². The van der Waals surface area contributed by atoms with Crippen LogP contribution in [0.3, 0.4) is 0 Å². The molecule has 2 nitrogen and oxygen atoms in total. The summed E-state index contributed by atoms with van der Waals surface area (Å²) < 4.78 is 25.1. The van der Waals surface area contributed by atoms with Crippen molar-refractivity contribution >= 4 is 5.91 Å². The predicted molar refractivity (Wildman–Crippen MR) is 43.2 cm³/mol. The maximum atomic E-state index is 12.6. The van der Waals surface area contributed by atoms with Crippen LogP contribution in [0.15, 0.2) is 0 Å². The molecular formula is C8H15F2NO. The Kier molecular flexibility index (Phi) is 4.78. The molecule has 0 rings (SSSR count). The molecule has 0 radical (unpaired) electrons. The lowest BCUT2D eigenvalue weighted by Gasteiger charge is -2.13. The van der Waals surface area contributed by atoms with Gasteiger partial charge in [0.25, 0.3) is 0 Å². The van der Waals surface area contributed by atoms with Crippen LogP contribution < -0.4 is 5.32 Å². The largest absolute Gasteiger partial charge is 0.356 e. The molecule has 12 heavy (non-hydrogen) atoms. The van der Waals surface area contributed by atoms with Gasteiger partial charge in [0, 0.05) is 26.3 Å². The van der Waals surface area contributed by atoms with Gasteiger partial charge in [0.05, 0.1) is 0 Å². The average molecular weight is 179 g/mol. The lowest BCUT2D eigenvalue weighted by atomic mass is 10.1. The second-order valence-corrected chi connectivity index (χ2v) is 2.80. The highest BCUT2D eigenvalue weighted by Crippen LogP contribution is 2.23. The number of rotatable bonds is 5. The Labute approximate surface area is 71.3 Å². The molecule has 1 N–H and O–H groups in total. The summed E-state index contributed by atoms with van der Waals surface area (Å²) in [5.41, 5.74) is 0. The minimum Gasteiger partial charge on any atom is -0.356 e. The lowest BCUT2D eigenvalue weighted by Crippen LogP contribution is -2.23. The van der Waals surface area contributed by atoms with Gasteiger partial charge in [-0.3, -0.25) is 4.79 Å². The molecule has 0 heterocycles. The number of amides is 1. The first-order valence-electron chi connectivity index (χ1n) is 4.10. The smallest absolute Gasteiger partial charge is 0.248 e. The van der Waals surface area contributed by atoms with Crippen molar-refractivity contribution in [2.75, 3.05) is 6.54 Å². The van der Waals surface area contributed by atoms with Gasteiger partial charge in [-0.15, -0.1) is 0 Å². The third-order valence-corrected chi connectivity index (χ3v) is 1.61. The van der Waals surface area contributed by atoms with Crippen molar-refractivity contribution in [3.8, 4) is 0 Å². The number of nitrogens with one attached hydrogen (secondary N) is 1.